The molecule has 0 aromatic rings. The molecule has 2 aliphatic carbocycles. The second-order valence-electron chi connectivity index (χ2n) is 7.00. The van der Waals surface area contributed by atoms with Gasteiger partial charge in [-0.05, 0) is 43.4 Å². The lowest BCUT2D eigenvalue weighted by atomic mass is 9.56. The van der Waals surface area contributed by atoms with E-state index in [1.54, 1.807) is 0 Å². The van der Waals surface area contributed by atoms with Crippen molar-refractivity contribution in [3.63, 3.8) is 0 Å². The fraction of sp³-hybridized carbons (Fsp3) is 0.941. The molecule has 110 valence electrons. The standard InChI is InChI=1S/C17H30O2/c1-3-6-14-8-10-15(11-9-14)17(16(18)19)12-5-4-7-13(17)2/h13-15H,3-12H2,1-2H3,(H,18,19). The summed E-state index contributed by atoms with van der Waals surface area (Å²) in [6.07, 6.45) is 11.8. The van der Waals surface area contributed by atoms with Crippen molar-refractivity contribution >= 4 is 5.97 Å². The Bertz CT molecular complexity index is 304. The molecule has 0 aromatic heterocycles. The second-order valence-corrected chi connectivity index (χ2v) is 7.00. The van der Waals surface area contributed by atoms with Crippen LogP contribution >= 0.6 is 0 Å². The summed E-state index contributed by atoms with van der Waals surface area (Å²) in [5, 5.41) is 9.88. The van der Waals surface area contributed by atoms with Crippen molar-refractivity contribution in [1.82, 2.24) is 0 Å². The summed E-state index contributed by atoms with van der Waals surface area (Å²) in [7, 11) is 0. The van der Waals surface area contributed by atoms with Gasteiger partial charge < -0.3 is 5.11 Å². The SMILES string of the molecule is CCCC1CCC(C2(C(=O)O)CCCCC2C)CC1. The maximum atomic E-state index is 12.0. The molecule has 19 heavy (non-hydrogen) atoms. The highest BCUT2D eigenvalue weighted by Crippen LogP contribution is 2.52. The van der Waals surface area contributed by atoms with Crippen LogP contribution in [0, 0.1) is 23.2 Å². The molecule has 0 saturated heterocycles. The summed E-state index contributed by atoms with van der Waals surface area (Å²) < 4.78 is 0. The molecule has 0 radical (unpaired) electrons. The molecule has 2 nitrogen and oxygen atoms in total. The van der Waals surface area contributed by atoms with Crippen LogP contribution in [0.3, 0.4) is 0 Å². The van der Waals surface area contributed by atoms with E-state index in [1.165, 1.54) is 32.1 Å². The van der Waals surface area contributed by atoms with Gasteiger partial charge in [-0.25, -0.2) is 0 Å². The summed E-state index contributed by atoms with van der Waals surface area (Å²) in [5.41, 5.74) is -0.393. The Hall–Kier alpha value is -0.530. The topological polar surface area (TPSA) is 37.3 Å². The maximum Gasteiger partial charge on any atom is 0.310 e. The molecule has 2 heteroatoms. The summed E-state index contributed by atoms with van der Waals surface area (Å²) in [6.45, 7) is 4.44. The van der Waals surface area contributed by atoms with Crippen LogP contribution in [0.4, 0.5) is 0 Å². The zero-order valence-electron chi connectivity index (χ0n) is 12.7. The van der Waals surface area contributed by atoms with E-state index < -0.39 is 11.4 Å². The van der Waals surface area contributed by atoms with Gasteiger partial charge in [0.2, 0.25) is 0 Å². The van der Waals surface area contributed by atoms with Gasteiger partial charge in [0, 0.05) is 0 Å². The van der Waals surface area contributed by atoms with Gasteiger partial charge in [-0.2, -0.15) is 0 Å². The summed E-state index contributed by atoms with van der Waals surface area (Å²) in [6, 6.07) is 0. The molecule has 2 fully saturated rings. The average Bonchev–Trinajstić information content (AvgIpc) is 2.40. The minimum atomic E-state index is -0.501. The third kappa shape index (κ3) is 2.83. The lowest BCUT2D eigenvalue weighted by Crippen LogP contribution is -2.47. The number of carboxylic acid groups (broad SMARTS) is 1. The summed E-state index contributed by atoms with van der Waals surface area (Å²) >= 11 is 0. The third-order valence-corrected chi connectivity index (χ3v) is 6.03. The first-order valence-electron chi connectivity index (χ1n) is 8.34. The predicted octanol–water partition coefficient (Wildman–Crippen LogP) is 4.87. The number of carboxylic acids is 1. The van der Waals surface area contributed by atoms with Crippen molar-refractivity contribution in [3.05, 3.63) is 0 Å². The maximum absolute atomic E-state index is 12.0. The quantitative estimate of drug-likeness (QED) is 0.788. The molecule has 0 bridgehead atoms. The molecule has 0 spiro atoms. The van der Waals surface area contributed by atoms with Crippen molar-refractivity contribution in [2.75, 3.05) is 0 Å². The van der Waals surface area contributed by atoms with Crippen molar-refractivity contribution in [2.24, 2.45) is 23.2 Å². The molecule has 1 N–H and O–H groups in total. The van der Waals surface area contributed by atoms with Crippen molar-refractivity contribution < 1.29 is 9.90 Å². The Balaban J connectivity index is 2.07. The number of rotatable bonds is 4. The zero-order chi connectivity index (χ0) is 13.9. The number of aliphatic carboxylic acids is 1. The molecular formula is C17H30O2. The fourth-order valence-electron chi connectivity index (χ4n) is 4.85. The fourth-order valence-corrected chi connectivity index (χ4v) is 4.85. The third-order valence-electron chi connectivity index (χ3n) is 6.03. The van der Waals surface area contributed by atoms with Gasteiger partial charge >= 0.3 is 5.97 Å². The molecule has 2 rings (SSSR count). The Morgan fingerprint density at radius 2 is 1.84 bits per heavy atom. The first kappa shape index (κ1) is 14.9. The smallest absolute Gasteiger partial charge is 0.310 e. The molecule has 0 amide bonds. The van der Waals surface area contributed by atoms with E-state index >= 15 is 0 Å². The average molecular weight is 266 g/mol. The van der Waals surface area contributed by atoms with Crippen LogP contribution in [0.5, 0.6) is 0 Å². The minimum Gasteiger partial charge on any atom is -0.481 e. The highest BCUT2D eigenvalue weighted by Gasteiger charge is 2.51. The van der Waals surface area contributed by atoms with E-state index in [2.05, 4.69) is 13.8 Å². The lowest BCUT2D eigenvalue weighted by molar-refractivity contribution is -0.162. The molecule has 2 unspecified atom stereocenters. The van der Waals surface area contributed by atoms with Crippen LogP contribution in [-0.4, -0.2) is 11.1 Å². The number of hydrogen-bond acceptors (Lipinski definition) is 1. The van der Waals surface area contributed by atoms with E-state index in [1.807, 2.05) is 0 Å². The Morgan fingerprint density at radius 3 is 2.37 bits per heavy atom. The van der Waals surface area contributed by atoms with Crippen LogP contribution < -0.4 is 0 Å². The highest BCUT2D eigenvalue weighted by atomic mass is 16.4. The van der Waals surface area contributed by atoms with E-state index in [4.69, 9.17) is 0 Å². The predicted molar refractivity (Wildman–Crippen MR) is 78.1 cm³/mol. The highest BCUT2D eigenvalue weighted by molar-refractivity contribution is 5.75. The van der Waals surface area contributed by atoms with Crippen molar-refractivity contribution in [1.29, 1.82) is 0 Å². The van der Waals surface area contributed by atoms with Crippen LogP contribution in [-0.2, 0) is 4.79 Å². The van der Waals surface area contributed by atoms with Gasteiger partial charge in [-0.1, -0.05) is 52.4 Å². The van der Waals surface area contributed by atoms with E-state index in [0.29, 0.717) is 11.8 Å². The summed E-state index contributed by atoms with van der Waals surface area (Å²) in [4.78, 5) is 12.0. The molecular weight excluding hydrogens is 236 g/mol. The van der Waals surface area contributed by atoms with Crippen LogP contribution in [0.2, 0.25) is 0 Å². The summed E-state index contributed by atoms with van der Waals surface area (Å²) in [5.74, 6) is 1.17. The first-order chi connectivity index (χ1) is 9.11. The normalized spacial score (nSPS) is 40.0. The molecule has 0 aliphatic heterocycles. The Labute approximate surface area is 118 Å². The molecule has 0 aromatic carbocycles. The minimum absolute atomic E-state index is 0.367. The van der Waals surface area contributed by atoms with Gasteiger partial charge in [-0.3, -0.25) is 4.79 Å². The zero-order valence-corrected chi connectivity index (χ0v) is 12.7. The monoisotopic (exact) mass is 266 g/mol. The number of hydrogen-bond donors (Lipinski definition) is 1. The molecule has 2 atom stereocenters. The van der Waals surface area contributed by atoms with Gasteiger partial charge in [0.25, 0.3) is 0 Å². The first-order valence-corrected chi connectivity index (χ1v) is 8.34. The largest absolute Gasteiger partial charge is 0.481 e. The van der Waals surface area contributed by atoms with Crippen molar-refractivity contribution in [2.45, 2.75) is 78.1 Å². The molecule has 2 aliphatic rings. The van der Waals surface area contributed by atoms with E-state index in [-0.39, 0.29) is 0 Å². The number of carbonyl (C=O) groups is 1. The second kappa shape index (κ2) is 6.28. The van der Waals surface area contributed by atoms with Crippen LogP contribution in [0.15, 0.2) is 0 Å². The van der Waals surface area contributed by atoms with Gasteiger partial charge in [-0.15, -0.1) is 0 Å². The van der Waals surface area contributed by atoms with Gasteiger partial charge in [0.1, 0.15) is 0 Å². The molecule has 0 heterocycles. The van der Waals surface area contributed by atoms with Crippen LogP contribution in [0.25, 0.3) is 0 Å². The van der Waals surface area contributed by atoms with Crippen molar-refractivity contribution in [3.8, 4) is 0 Å². The Kier molecular flexibility index (Phi) is 4.92. The van der Waals surface area contributed by atoms with E-state index in [9.17, 15) is 9.90 Å². The van der Waals surface area contributed by atoms with E-state index in [0.717, 1.165) is 38.0 Å². The molecule has 2 saturated carbocycles. The van der Waals surface area contributed by atoms with Gasteiger partial charge in [0.05, 0.1) is 5.41 Å². The van der Waals surface area contributed by atoms with Gasteiger partial charge in [0.15, 0.2) is 0 Å². The Morgan fingerprint density at radius 1 is 1.16 bits per heavy atom. The lowest BCUT2D eigenvalue weighted by Gasteiger charge is -2.47. The van der Waals surface area contributed by atoms with Crippen LogP contribution in [0.1, 0.15) is 78.1 Å².